The van der Waals surface area contributed by atoms with Crippen molar-refractivity contribution >= 4 is 48.7 Å². The summed E-state index contributed by atoms with van der Waals surface area (Å²) in [4.78, 5) is 12.1. The number of nitrogens with zero attached hydrogens (tertiary/aromatic N) is 3. The van der Waals surface area contributed by atoms with Crippen LogP contribution >= 0.6 is 37.2 Å². The SMILES string of the molecule is CC[C@@H]1CCc2ncnc(N3CC4(CCNCC4)c4c(CNC(C)C)cccc43)c21.Cl.Cl.Cl. The lowest BCUT2D eigenvalue weighted by Gasteiger charge is -2.36. The minimum absolute atomic E-state index is 0. The number of anilines is 2. The van der Waals surface area contributed by atoms with Gasteiger partial charge in [0.25, 0.3) is 0 Å². The third-order valence-electron chi connectivity index (χ3n) is 7.50. The fourth-order valence-corrected chi connectivity index (χ4v) is 5.97. The van der Waals surface area contributed by atoms with E-state index in [-0.39, 0.29) is 42.6 Å². The van der Waals surface area contributed by atoms with Gasteiger partial charge in [-0.3, -0.25) is 0 Å². The number of nitrogens with one attached hydrogen (secondary N) is 2. The molecule has 5 rings (SSSR count). The van der Waals surface area contributed by atoms with Crippen LogP contribution in [0, 0.1) is 0 Å². The predicted octanol–water partition coefficient (Wildman–Crippen LogP) is 5.45. The molecule has 8 heteroatoms. The van der Waals surface area contributed by atoms with Crippen molar-refractivity contribution in [1.82, 2.24) is 20.6 Å². The summed E-state index contributed by atoms with van der Waals surface area (Å²) in [6.45, 7) is 10.9. The van der Waals surface area contributed by atoms with Gasteiger partial charge in [0.15, 0.2) is 0 Å². The maximum atomic E-state index is 4.89. The summed E-state index contributed by atoms with van der Waals surface area (Å²) in [5.74, 6) is 1.77. The van der Waals surface area contributed by atoms with Crippen LogP contribution in [0.2, 0.25) is 0 Å². The lowest BCUT2D eigenvalue weighted by molar-refractivity contribution is 0.326. The van der Waals surface area contributed by atoms with Crippen LogP contribution in [0.3, 0.4) is 0 Å². The molecule has 2 aromatic rings. The molecular formula is C25H38Cl3N5. The topological polar surface area (TPSA) is 53.1 Å². The average Bonchev–Trinajstić information content (AvgIpc) is 3.33. The first kappa shape index (κ1) is 28.1. The molecule has 1 saturated heterocycles. The molecule has 3 aliphatic rings. The minimum Gasteiger partial charge on any atom is -0.325 e. The first-order valence-electron chi connectivity index (χ1n) is 11.8. The van der Waals surface area contributed by atoms with E-state index < -0.39 is 0 Å². The molecule has 2 N–H and O–H groups in total. The van der Waals surface area contributed by atoms with Gasteiger partial charge < -0.3 is 15.5 Å². The third kappa shape index (κ3) is 4.99. The summed E-state index contributed by atoms with van der Waals surface area (Å²) in [5.41, 5.74) is 7.32. The molecule has 0 amide bonds. The quantitative estimate of drug-likeness (QED) is 0.555. The number of piperidine rings is 1. The number of aromatic nitrogens is 2. The highest BCUT2D eigenvalue weighted by atomic mass is 35.5. The summed E-state index contributed by atoms with van der Waals surface area (Å²) in [6.07, 6.45) is 7.66. The molecule has 0 radical (unpaired) electrons. The largest absolute Gasteiger partial charge is 0.325 e. The van der Waals surface area contributed by atoms with Crippen LogP contribution < -0.4 is 15.5 Å². The Labute approximate surface area is 217 Å². The van der Waals surface area contributed by atoms with Crippen molar-refractivity contribution < 1.29 is 0 Å². The Hall–Kier alpha value is -1.11. The molecule has 0 saturated carbocycles. The maximum absolute atomic E-state index is 4.89. The number of aryl methyl sites for hydroxylation is 1. The highest BCUT2D eigenvalue weighted by molar-refractivity contribution is 5.86. The van der Waals surface area contributed by atoms with Gasteiger partial charge >= 0.3 is 0 Å². The van der Waals surface area contributed by atoms with Gasteiger partial charge in [0, 0.05) is 41.5 Å². The van der Waals surface area contributed by atoms with E-state index in [4.69, 9.17) is 4.98 Å². The fraction of sp³-hybridized carbons (Fsp3) is 0.600. The second kappa shape index (κ2) is 11.5. The minimum atomic E-state index is 0. The first-order chi connectivity index (χ1) is 14.6. The second-order valence-corrected chi connectivity index (χ2v) is 9.66. The zero-order valence-corrected chi connectivity index (χ0v) is 22.3. The molecule has 1 aromatic heterocycles. The van der Waals surface area contributed by atoms with E-state index >= 15 is 0 Å². The number of hydrogen-bond acceptors (Lipinski definition) is 5. The molecule has 0 unspecified atom stereocenters. The van der Waals surface area contributed by atoms with E-state index in [0.29, 0.717) is 12.0 Å². The van der Waals surface area contributed by atoms with Crippen LogP contribution in [-0.2, 0) is 18.4 Å². The van der Waals surface area contributed by atoms with Crippen molar-refractivity contribution in [3.05, 3.63) is 46.9 Å². The molecule has 3 heterocycles. The Balaban J connectivity index is 0.00000128. The van der Waals surface area contributed by atoms with E-state index in [1.165, 1.54) is 54.0 Å². The summed E-state index contributed by atoms with van der Waals surface area (Å²) in [6, 6.07) is 7.38. The molecule has 1 atom stereocenters. The number of benzene rings is 1. The number of hydrogen-bond donors (Lipinski definition) is 2. The Morgan fingerprint density at radius 1 is 1.15 bits per heavy atom. The van der Waals surface area contributed by atoms with Gasteiger partial charge in [-0.1, -0.05) is 32.9 Å². The van der Waals surface area contributed by atoms with Gasteiger partial charge in [0.05, 0.1) is 0 Å². The lowest BCUT2D eigenvalue weighted by atomic mass is 9.73. The zero-order valence-electron chi connectivity index (χ0n) is 19.9. The van der Waals surface area contributed by atoms with Gasteiger partial charge in [-0.05, 0) is 68.3 Å². The lowest BCUT2D eigenvalue weighted by Crippen LogP contribution is -2.43. The van der Waals surface area contributed by atoms with Crippen molar-refractivity contribution in [2.24, 2.45) is 0 Å². The van der Waals surface area contributed by atoms with Crippen molar-refractivity contribution in [3.63, 3.8) is 0 Å². The predicted molar refractivity (Wildman–Crippen MR) is 144 cm³/mol. The van der Waals surface area contributed by atoms with Crippen LogP contribution in [0.15, 0.2) is 24.5 Å². The fourth-order valence-electron chi connectivity index (χ4n) is 5.97. The molecule has 1 aliphatic carbocycles. The van der Waals surface area contributed by atoms with E-state index in [1.54, 1.807) is 11.9 Å². The standard InChI is InChI=1S/C25H35N5.3ClH/c1-4-18-8-9-20-22(18)24(29-16-28-20)30-15-25(10-12-26-13-11-25)23-19(14-27-17(2)3)6-5-7-21(23)30;;;/h5-7,16-18,26-27H,4,8-15H2,1-3H3;3*1H/t18-;;;/m1.../s1. The summed E-state index contributed by atoms with van der Waals surface area (Å²) in [5, 5.41) is 7.26. The summed E-state index contributed by atoms with van der Waals surface area (Å²) >= 11 is 0. The molecule has 1 spiro atoms. The molecule has 33 heavy (non-hydrogen) atoms. The Morgan fingerprint density at radius 3 is 2.61 bits per heavy atom. The summed E-state index contributed by atoms with van der Waals surface area (Å²) in [7, 11) is 0. The Morgan fingerprint density at radius 2 is 1.91 bits per heavy atom. The van der Waals surface area contributed by atoms with Crippen LogP contribution in [0.4, 0.5) is 11.5 Å². The normalized spacial score (nSPS) is 20.0. The summed E-state index contributed by atoms with van der Waals surface area (Å²) < 4.78 is 0. The molecule has 2 aliphatic heterocycles. The Bertz CT molecular complexity index is 930. The van der Waals surface area contributed by atoms with Crippen LogP contribution in [-0.4, -0.2) is 35.6 Å². The van der Waals surface area contributed by atoms with Crippen molar-refractivity contribution in [2.75, 3.05) is 24.5 Å². The van der Waals surface area contributed by atoms with Crippen LogP contribution in [0.1, 0.15) is 74.8 Å². The molecule has 0 bridgehead atoms. The Kier molecular flexibility index (Phi) is 9.84. The van der Waals surface area contributed by atoms with E-state index in [1.807, 2.05) is 0 Å². The zero-order chi connectivity index (χ0) is 20.7. The van der Waals surface area contributed by atoms with Crippen LogP contribution in [0.25, 0.3) is 0 Å². The number of fused-ring (bicyclic) bond motifs is 3. The van der Waals surface area contributed by atoms with Crippen molar-refractivity contribution in [2.45, 2.75) is 76.8 Å². The number of halogens is 3. The maximum Gasteiger partial charge on any atom is 0.140 e. The molecular weight excluding hydrogens is 477 g/mol. The van der Waals surface area contributed by atoms with E-state index in [9.17, 15) is 0 Å². The smallest absolute Gasteiger partial charge is 0.140 e. The molecule has 1 fully saturated rings. The van der Waals surface area contributed by atoms with Gasteiger partial charge in [-0.2, -0.15) is 0 Å². The highest BCUT2D eigenvalue weighted by Crippen LogP contribution is 2.52. The van der Waals surface area contributed by atoms with Gasteiger partial charge in [-0.25, -0.2) is 9.97 Å². The van der Waals surface area contributed by atoms with E-state index in [2.05, 4.69) is 59.5 Å². The van der Waals surface area contributed by atoms with Crippen molar-refractivity contribution in [1.29, 1.82) is 0 Å². The van der Waals surface area contributed by atoms with Gasteiger partial charge in [0.2, 0.25) is 0 Å². The van der Waals surface area contributed by atoms with Gasteiger partial charge in [0.1, 0.15) is 12.1 Å². The monoisotopic (exact) mass is 513 g/mol. The molecule has 184 valence electrons. The molecule has 5 nitrogen and oxygen atoms in total. The highest BCUT2D eigenvalue weighted by Gasteiger charge is 2.46. The third-order valence-corrected chi connectivity index (χ3v) is 7.50. The first-order valence-corrected chi connectivity index (χ1v) is 11.8. The van der Waals surface area contributed by atoms with E-state index in [0.717, 1.165) is 32.6 Å². The second-order valence-electron chi connectivity index (χ2n) is 9.66. The number of rotatable bonds is 5. The van der Waals surface area contributed by atoms with Crippen molar-refractivity contribution in [3.8, 4) is 0 Å². The van der Waals surface area contributed by atoms with Gasteiger partial charge in [-0.15, -0.1) is 37.2 Å². The average molecular weight is 515 g/mol. The molecule has 1 aromatic carbocycles. The van der Waals surface area contributed by atoms with Crippen LogP contribution in [0.5, 0.6) is 0 Å².